The minimum absolute atomic E-state index is 0.180. The first-order chi connectivity index (χ1) is 12.2. The number of aromatic nitrogens is 4. The van der Waals surface area contributed by atoms with Crippen molar-refractivity contribution in [3.63, 3.8) is 0 Å². The first kappa shape index (κ1) is 18.0. The van der Waals surface area contributed by atoms with Gasteiger partial charge in [-0.2, -0.15) is 0 Å². The van der Waals surface area contributed by atoms with Crippen molar-refractivity contribution in [1.82, 2.24) is 25.7 Å². The Balaban J connectivity index is 1.73. The van der Waals surface area contributed by atoms with Crippen LogP contribution in [0.2, 0.25) is 5.28 Å². The second kappa shape index (κ2) is 8.55. The molecule has 0 spiro atoms. The van der Waals surface area contributed by atoms with Crippen LogP contribution in [0, 0.1) is 5.92 Å². The molecule has 25 heavy (non-hydrogen) atoms. The summed E-state index contributed by atoms with van der Waals surface area (Å²) in [6.45, 7) is 3.01. The van der Waals surface area contributed by atoms with Crippen molar-refractivity contribution in [3.05, 3.63) is 29.6 Å². The molecule has 1 fully saturated rings. The summed E-state index contributed by atoms with van der Waals surface area (Å²) in [7, 11) is 1.72. The van der Waals surface area contributed by atoms with Gasteiger partial charge in [-0.05, 0) is 49.9 Å². The van der Waals surface area contributed by atoms with E-state index < -0.39 is 0 Å². The van der Waals surface area contributed by atoms with Crippen molar-refractivity contribution >= 4 is 11.6 Å². The largest absolute Gasteiger partial charge is 0.490 e. The van der Waals surface area contributed by atoms with Crippen LogP contribution in [0.5, 0.6) is 5.75 Å². The van der Waals surface area contributed by atoms with Crippen LogP contribution < -0.4 is 10.1 Å². The monoisotopic (exact) mass is 367 g/mol. The van der Waals surface area contributed by atoms with Crippen LogP contribution in [0.15, 0.2) is 23.1 Å². The summed E-state index contributed by atoms with van der Waals surface area (Å²) in [6.07, 6.45) is 7.50. The van der Waals surface area contributed by atoms with E-state index in [-0.39, 0.29) is 10.7 Å². The number of hydrogen-bond acceptors (Lipinski definition) is 8. The van der Waals surface area contributed by atoms with Crippen molar-refractivity contribution in [3.8, 4) is 5.75 Å². The maximum Gasteiger partial charge on any atom is 0.222 e. The summed E-state index contributed by atoms with van der Waals surface area (Å²) in [5.41, 5.74) is -0.180. The molecule has 0 aromatic carbocycles. The second-order valence-corrected chi connectivity index (χ2v) is 6.49. The lowest BCUT2D eigenvalue weighted by atomic mass is 9.66. The maximum absolute atomic E-state index is 5.82. The topological polar surface area (TPSA) is 95.2 Å². The molecule has 3 heterocycles. The van der Waals surface area contributed by atoms with Gasteiger partial charge in [-0.15, -0.1) is 5.10 Å². The zero-order valence-corrected chi connectivity index (χ0v) is 14.9. The molecule has 0 amide bonds. The highest BCUT2D eigenvalue weighted by Crippen LogP contribution is 2.42. The Morgan fingerprint density at radius 1 is 1.32 bits per heavy atom. The summed E-state index contributed by atoms with van der Waals surface area (Å²) >= 11 is 5.70. The number of halogens is 1. The van der Waals surface area contributed by atoms with Crippen molar-refractivity contribution < 1.29 is 14.0 Å². The molecule has 1 aliphatic heterocycles. The average Bonchev–Trinajstić information content (AvgIpc) is 3.18. The Morgan fingerprint density at radius 3 is 2.88 bits per heavy atom. The van der Waals surface area contributed by atoms with E-state index in [1.165, 1.54) is 0 Å². The summed E-state index contributed by atoms with van der Waals surface area (Å²) in [6, 6.07) is 0. The van der Waals surface area contributed by atoms with Crippen LogP contribution in [0.1, 0.15) is 25.0 Å². The minimum Gasteiger partial charge on any atom is -0.490 e. The van der Waals surface area contributed by atoms with Crippen molar-refractivity contribution in [2.24, 2.45) is 5.92 Å². The van der Waals surface area contributed by atoms with Gasteiger partial charge >= 0.3 is 0 Å². The van der Waals surface area contributed by atoms with E-state index in [1.807, 2.05) is 0 Å². The molecule has 0 unspecified atom stereocenters. The molecular weight excluding hydrogens is 346 g/mol. The maximum atomic E-state index is 5.82. The van der Waals surface area contributed by atoms with E-state index in [1.54, 1.807) is 25.7 Å². The Hall–Kier alpha value is -1.77. The minimum atomic E-state index is -0.180. The number of hydrogen-bond donors (Lipinski definition) is 1. The van der Waals surface area contributed by atoms with Crippen LogP contribution in [0.4, 0.5) is 0 Å². The number of rotatable bonds is 8. The second-order valence-electron chi connectivity index (χ2n) is 6.16. The van der Waals surface area contributed by atoms with Crippen LogP contribution in [0.25, 0.3) is 0 Å². The first-order valence-electron chi connectivity index (χ1n) is 8.32. The van der Waals surface area contributed by atoms with Gasteiger partial charge < -0.3 is 19.3 Å². The predicted octanol–water partition coefficient (Wildman–Crippen LogP) is 1.87. The zero-order chi connectivity index (χ0) is 17.5. The molecule has 0 bridgehead atoms. The van der Waals surface area contributed by atoms with Crippen molar-refractivity contribution in [2.45, 2.75) is 24.7 Å². The van der Waals surface area contributed by atoms with Crippen molar-refractivity contribution in [1.29, 1.82) is 0 Å². The lowest BCUT2D eigenvalue weighted by molar-refractivity contribution is 0.0868. The van der Waals surface area contributed by atoms with E-state index in [9.17, 15) is 0 Å². The fourth-order valence-corrected chi connectivity index (χ4v) is 3.61. The highest BCUT2D eigenvalue weighted by atomic mass is 35.5. The van der Waals surface area contributed by atoms with Crippen LogP contribution >= 0.6 is 11.6 Å². The predicted molar refractivity (Wildman–Crippen MR) is 90.6 cm³/mol. The van der Waals surface area contributed by atoms with Gasteiger partial charge in [0.1, 0.15) is 0 Å². The van der Waals surface area contributed by atoms with Crippen LogP contribution in [-0.2, 0) is 10.2 Å². The first-order valence-corrected chi connectivity index (χ1v) is 8.70. The molecule has 8 nitrogen and oxygen atoms in total. The molecule has 136 valence electrons. The van der Waals surface area contributed by atoms with Gasteiger partial charge in [0.15, 0.2) is 11.5 Å². The molecule has 0 radical (unpaired) electrons. The van der Waals surface area contributed by atoms with Gasteiger partial charge in [-0.25, -0.2) is 9.97 Å². The lowest BCUT2D eigenvalue weighted by Crippen LogP contribution is -2.49. The third-order valence-corrected chi connectivity index (χ3v) is 5.05. The van der Waals surface area contributed by atoms with E-state index in [0.29, 0.717) is 24.9 Å². The van der Waals surface area contributed by atoms with Gasteiger partial charge in [-0.3, -0.25) is 0 Å². The SMILES string of the molecule is COCC[C@@H]1CNCC[C@@]1(CCOc1cnc(Cl)nc1)c1cnno1. The molecule has 0 saturated carbocycles. The van der Waals surface area contributed by atoms with Crippen LogP contribution in [0.3, 0.4) is 0 Å². The Morgan fingerprint density at radius 2 is 2.16 bits per heavy atom. The Bertz CT molecular complexity index is 640. The van der Waals surface area contributed by atoms with E-state index >= 15 is 0 Å². The summed E-state index contributed by atoms with van der Waals surface area (Å²) in [5, 5.41) is 11.2. The standard InChI is InChI=1S/C16H22ClN5O3/c1-23-6-2-12-8-18-5-3-16(12,14-11-21-22-25-14)4-7-24-13-9-19-15(17)20-10-13/h9-12,18H,2-8H2,1H3/t12-,16+/m1/s1. The van der Waals surface area contributed by atoms with Gasteiger partial charge in [-0.1, -0.05) is 0 Å². The lowest BCUT2D eigenvalue weighted by Gasteiger charge is -2.42. The molecule has 2 aromatic rings. The third kappa shape index (κ3) is 4.26. The zero-order valence-electron chi connectivity index (χ0n) is 14.2. The van der Waals surface area contributed by atoms with E-state index in [4.69, 9.17) is 25.6 Å². The summed E-state index contributed by atoms with van der Waals surface area (Å²) < 4.78 is 16.6. The van der Waals surface area contributed by atoms with E-state index in [0.717, 1.165) is 38.1 Å². The van der Waals surface area contributed by atoms with Gasteiger partial charge in [0.2, 0.25) is 5.28 Å². The number of nitrogens with one attached hydrogen (secondary N) is 1. The van der Waals surface area contributed by atoms with Crippen LogP contribution in [-0.4, -0.2) is 53.8 Å². The highest BCUT2D eigenvalue weighted by Gasteiger charge is 2.45. The molecule has 3 rings (SSSR count). The molecule has 2 aromatic heterocycles. The third-order valence-electron chi connectivity index (χ3n) is 4.86. The smallest absolute Gasteiger partial charge is 0.222 e. The normalized spacial score (nSPS) is 23.5. The molecule has 9 heteroatoms. The van der Waals surface area contributed by atoms with Gasteiger partial charge in [0, 0.05) is 24.4 Å². The molecule has 0 aliphatic carbocycles. The molecule has 2 atom stereocenters. The molecule has 1 aliphatic rings. The number of methoxy groups -OCH3 is 1. The van der Waals surface area contributed by atoms with Crippen molar-refractivity contribution in [2.75, 3.05) is 33.4 Å². The van der Waals surface area contributed by atoms with Gasteiger partial charge in [0.25, 0.3) is 0 Å². The molecule has 1 N–H and O–H groups in total. The Kier molecular flexibility index (Phi) is 6.17. The number of nitrogens with zero attached hydrogens (tertiary/aromatic N) is 4. The Labute approximate surface area is 151 Å². The number of ether oxygens (including phenoxy) is 2. The fourth-order valence-electron chi connectivity index (χ4n) is 3.51. The summed E-state index contributed by atoms with van der Waals surface area (Å²) in [4.78, 5) is 7.86. The number of piperidine rings is 1. The van der Waals surface area contributed by atoms with Gasteiger partial charge in [0.05, 0.1) is 25.2 Å². The highest BCUT2D eigenvalue weighted by molar-refractivity contribution is 6.28. The average molecular weight is 368 g/mol. The molecular formula is C16H22ClN5O3. The quantitative estimate of drug-likeness (QED) is 0.706. The molecule has 1 saturated heterocycles. The van der Waals surface area contributed by atoms with E-state index in [2.05, 4.69) is 25.7 Å². The summed E-state index contributed by atoms with van der Waals surface area (Å²) in [5.74, 6) is 1.75. The fraction of sp³-hybridized carbons (Fsp3) is 0.625.